The van der Waals surface area contributed by atoms with Crippen molar-refractivity contribution in [2.75, 3.05) is 0 Å². The quantitative estimate of drug-likeness (QED) is 0.750. The Labute approximate surface area is 87.1 Å². The van der Waals surface area contributed by atoms with Crippen molar-refractivity contribution in [2.45, 2.75) is 44.6 Å². The minimum absolute atomic E-state index is 0.0728. The molecule has 1 fully saturated rings. The lowest BCUT2D eigenvalue weighted by Crippen LogP contribution is -2.59. The molecule has 0 saturated heterocycles. The van der Waals surface area contributed by atoms with Gasteiger partial charge in [-0.25, -0.2) is 4.79 Å². The molecule has 2 N–H and O–H groups in total. The molecule has 1 saturated carbocycles. The maximum absolute atomic E-state index is 13.4. The lowest BCUT2D eigenvalue weighted by molar-refractivity contribution is -0.233. The Hall–Kier alpha value is -0.710. The topological polar surface area (TPSA) is 57.5 Å². The first-order valence-corrected chi connectivity index (χ1v) is 5.05. The summed E-state index contributed by atoms with van der Waals surface area (Å²) < 4.78 is 26.8. The van der Waals surface area contributed by atoms with Crippen LogP contribution in [-0.2, 0) is 4.79 Å². The second-order valence-electron chi connectivity index (χ2n) is 4.59. The molecule has 1 rings (SSSR count). The van der Waals surface area contributed by atoms with E-state index in [9.17, 15) is 18.7 Å². The molecule has 0 amide bonds. The fourth-order valence-corrected chi connectivity index (χ4v) is 2.23. The normalized spacial score (nSPS) is 37.7. The third-order valence-electron chi connectivity index (χ3n) is 3.38. The highest BCUT2D eigenvalue weighted by Crippen LogP contribution is 2.46. The molecule has 3 atom stereocenters. The molecule has 3 nitrogen and oxygen atoms in total. The van der Waals surface area contributed by atoms with Crippen molar-refractivity contribution in [1.29, 1.82) is 0 Å². The van der Waals surface area contributed by atoms with E-state index >= 15 is 0 Å². The van der Waals surface area contributed by atoms with E-state index in [4.69, 9.17) is 5.11 Å². The first kappa shape index (κ1) is 12.4. The number of hydrogen-bond acceptors (Lipinski definition) is 2. The summed E-state index contributed by atoms with van der Waals surface area (Å²) in [6.45, 7) is 3.22. The Kier molecular flexibility index (Phi) is 3.05. The van der Waals surface area contributed by atoms with Crippen LogP contribution in [0.1, 0.15) is 33.1 Å². The lowest BCUT2D eigenvalue weighted by Gasteiger charge is -2.43. The lowest BCUT2D eigenvalue weighted by atomic mass is 9.69. The highest BCUT2D eigenvalue weighted by atomic mass is 19.3. The van der Waals surface area contributed by atoms with Gasteiger partial charge in [-0.15, -0.1) is 0 Å². The number of aliphatic carboxylic acids is 1. The van der Waals surface area contributed by atoms with E-state index in [2.05, 4.69) is 0 Å². The maximum atomic E-state index is 13.4. The molecule has 5 heteroatoms. The molecule has 0 aromatic heterocycles. The minimum atomic E-state index is -4.07. The zero-order chi connectivity index (χ0) is 11.9. The number of carboxylic acids is 1. The summed E-state index contributed by atoms with van der Waals surface area (Å²) in [6, 6.07) is 0. The van der Waals surface area contributed by atoms with Crippen LogP contribution in [-0.4, -0.2) is 27.7 Å². The Bertz CT molecular complexity index is 267. The molecule has 1 aliphatic rings. The van der Waals surface area contributed by atoms with Crippen molar-refractivity contribution in [3.63, 3.8) is 0 Å². The van der Waals surface area contributed by atoms with Gasteiger partial charge in [-0.2, -0.15) is 8.78 Å². The molecule has 0 heterocycles. The molecular weight excluding hydrogens is 206 g/mol. The summed E-state index contributed by atoms with van der Waals surface area (Å²) >= 11 is 0. The van der Waals surface area contributed by atoms with Gasteiger partial charge in [0.2, 0.25) is 0 Å². The van der Waals surface area contributed by atoms with Crippen molar-refractivity contribution < 1.29 is 23.8 Å². The van der Waals surface area contributed by atoms with Crippen LogP contribution in [0.3, 0.4) is 0 Å². The van der Waals surface area contributed by atoms with Gasteiger partial charge in [-0.05, 0) is 24.7 Å². The van der Waals surface area contributed by atoms with Crippen molar-refractivity contribution in [3.8, 4) is 0 Å². The van der Waals surface area contributed by atoms with Crippen molar-refractivity contribution in [2.24, 2.45) is 11.8 Å². The number of aliphatic hydroxyl groups is 1. The largest absolute Gasteiger partial charge is 0.477 e. The molecular formula is C10H16F2O3. The fraction of sp³-hybridized carbons (Fsp3) is 0.900. The van der Waals surface area contributed by atoms with E-state index < -0.39 is 23.4 Å². The van der Waals surface area contributed by atoms with Crippen LogP contribution in [0, 0.1) is 11.8 Å². The van der Waals surface area contributed by atoms with Crippen LogP contribution in [0.25, 0.3) is 0 Å². The Balaban J connectivity index is 3.01. The third kappa shape index (κ3) is 1.85. The van der Waals surface area contributed by atoms with Crippen LogP contribution >= 0.6 is 0 Å². The summed E-state index contributed by atoms with van der Waals surface area (Å²) in [5.74, 6) is -7.08. The minimum Gasteiger partial charge on any atom is -0.477 e. The van der Waals surface area contributed by atoms with Gasteiger partial charge < -0.3 is 10.2 Å². The molecule has 0 aromatic carbocycles. The van der Waals surface area contributed by atoms with E-state index in [-0.39, 0.29) is 12.3 Å². The van der Waals surface area contributed by atoms with E-state index in [1.54, 1.807) is 6.92 Å². The average Bonchev–Trinajstić information content (AvgIpc) is 2.11. The van der Waals surface area contributed by atoms with Crippen LogP contribution < -0.4 is 0 Å². The smallest absolute Gasteiger partial charge is 0.377 e. The molecule has 0 aliphatic heterocycles. The molecule has 0 radical (unpaired) electrons. The first-order chi connectivity index (χ1) is 6.72. The van der Waals surface area contributed by atoms with Gasteiger partial charge in [-0.3, -0.25) is 0 Å². The highest BCUT2D eigenvalue weighted by Gasteiger charge is 2.62. The zero-order valence-corrected chi connectivity index (χ0v) is 8.83. The Morgan fingerprint density at radius 3 is 2.40 bits per heavy atom. The van der Waals surface area contributed by atoms with Crippen molar-refractivity contribution >= 4 is 5.97 Å². The number of carboxylic acid groups (broad SMARTS) is 1. The molecule has 0 spiro atoms. The van der Waals surface area contributed by atoms with Crippen molar-refractivity contribution in [3.05, 3.63) is 0 Å². The number of halogens is 2. The molecule has 1 aliphatic carbocycles. The van der Waals surface area contributed by atoms with E-state index in [0.29, 0.717) is 6.42 Å². The van der Waals surface area contributed by atoms with Gasteiger partial charge in [0.1, 0.15) is 5.60 Å². The van der Waals surface area contributed by atoms with Gasteiger partial charge in [0.25, 0.3) is 0 Å². The summed E-state index contributed by atoms with van der Waals surface area (Å²) in [6.07, 6.45) is 1.02. The second kappa shape index (κ2) is 3.70. The molecule has 0 bridgehead atoms. The maximum Gasteiger partial charge on any atom is 0.377 e. The molecule has 15 heavy (non-hydrogen) atoms. The summed E-state index contributed by atoms with van der Waals surface area (Å²) in [7, 11) is 0. The van der Waals surface area contributed by atoms with Crippen LogP contribution in [0.2, 0.25) is 0 Å². The Morgan fingerprint density at radius 1 is 1.40 bits per heavy atom. The van der Waals surface area contributed by atoms with Gasteiger partial charge in [0.15, 0.2) is 0 Å². The van der Waals surface area contributed by atoms with E-state index in [0.717, 1.165) is 6.42 Å². The van der Waals surface area contributed by atoms with E-state index in [1.807, 2.05) is 0 Å². The first-order valence-electron chi connectivity index (χ1n) is 5.05. The number of rotatable bonds is 2. The Morgan fingerprint density at radius 2 is 1.93 bits per heavy atom. The summed E-state index contributed by atoms with van der Waals surface area (Å²) in [5.41, 5.74) is -2.41. The van der Waals surface area contributed by atoms with E-state index in [1.165, 1.54) is 6.92 Å². The summed E-state index contributed by atoms with van der Waals surface area (Å²) in [4.78, 5) is 10.5. The monoisotopic (exact) mass is 222 g/mol. The average molecular weight is 222 g/mol. The number of alkyl halides is 2. The van der Waals surface area contributed by atoms with Gasteiger partial charge in [0, 0.05) is 0 Å². The van der Waals surface area contributed by atoms with Crippen molar-refractivity contribution in [1.82, 2.24) is 0 Å². The van der Waals surface area contributed by atoms with Crippen LogP contribution in [0.5, 0.6) is 0 Å². The zero-order valence-electron chi connectivity index (χ0n) is 8.83. The van der Waals surface area contributed by atoms with Gasteiger partial charge in [-0.1, -0.05) is 20.3 Å². The fourth-order valence-electron chi connectivity index (χ4n) is 2.23. The number of carbonyl (C=O) groups is 1. The van der Waals surface area contributed by atoms with Gasteiger partial charge in [0.05, 0.1) is 0 Å². The molecule has 3 unspecified atom stereocenters. The summed E-state index contributed by atoms with van der Waals surface area (Å²) in [5, 5.41) is 18.3. The third-order valence-corrected chi connectivity index (χ3v) is 3.38. The predicted molar refractivity (Wildman–Crippen MR) is 49.7 cm³/mol. The number of hydrogen-bond donors (Lipinski definition) is 2. The molecule has 0 aromatic rings. The second-order valence-corrected chi connectivity index (χ2v) is 4.59. The standard InChI is InChI=1S/C10H16F2O3/c1-6-3-4-7(2)9(15,5-6)10(11,12)8(13)14/h6-7,15H,3-5H2,1-2H3,(H,13,14). The van der Waals surface area contributed by atoms with Gasteiger partial charge >= 0.3 is 11.9 Å². The highest BCUT2D eigenvalue weighted by molar-refractivity contribution is 5.77. The molecule has 88 valence electrons. The van der Waals surface area contributed by atoms with Crippen LogP contribution in [0.4, 0.5) is 8.78 Å². The predicted octanol–water partition coefficient (Wildman–Crippen LogP) is 1.89. The SMILES string of the molecule is CC1CCC(C)C(O)(C(F)(F)C(=O)O)C1. The van der Waals surface area contributed by atoms with Crippen LogP contribution in [0.15, 0.2) is 0 Å².